The molecular weight excluding hydrogens is 373 g/mol. The molecular formula is C18H24FN3O4S. The van der Waals surface area contributed by atoms with Crippen molar-refractivity contribution in [1.82, 2.24) is 10.0 Å². The van der Waals surface area contributed by atoms with Crippen LogP contribution in [0, 0.1) is 11.7 Å². The number of carbonyl (C=O) groups is 1. The first-order chi connectivity index (χ1) is 12.7. The summed E-state index contributed by atoms with van der Waals surface area (Å²) in [5.74, 6) is -1.23. The van der Waals surface area contributed by atoms with Crippen molar-refractivity contribution in [3.63, 3.8) is 0 Å². The van der Waals surface area contributed by atoms with E-state index in [4.69, 9.17) is 0 Å². The van der Waals surface area contributed by atoms with E-state index in [-0.39, 0.29) is 17.9 Å². The number of phenolic OH excluding ortho intramolecular Hbond substituents is 1. The monoisotopic (exact) mass is 397 g/mol. The van der Waals surface area contributed by atoms with Crippen LogP contribution < -0.4 is 14.3 Å². The van der Waals surface area contributed by atoms with Gasteiger partial charge in [0.2, 0.25) is 0 Å². The summed E-state index contributed by atoms with van der Waals surface area (Å²) in [4.78, 5) is 11.5. The van der Waals surface area contributed by atoms with Gasteiger partial charge in [0.1, 0.15) is 18.0 Å². The highest BCUT2D eigenvalue weighted by Gasteiger charge is 2.48. The molecule has 1 amide bonds. The fourth-order valence-corrected chi connectivity index (χ4v) is 5.82. The number of anilines is 1. The molecule has 3 N–H and O–H groups in total. The van der Waals surface area contributed by atoms with Crippen molar-refractivity contribution >= 4 is 21.8 Å². The maximum absolute atomic E-state index is 15.4. The number of rotatable bonds is 5. The van der Waals surface area contributed by atoms with Crippen LogP contribution in [0.15, 0.2) is 6.07 Å². The smallest absolute Gasteiger partial charge is 0.326 e. The molecule has 0 spiro atoms. The second kappa shape index (κ2) is 6.34. The van der Waals surface area contributed by atoms with Crippen LogP contribution >= 0.6 is 0 Å². The van der Waals surface area contributed by atoms with Crippen molar-refractivity contribution in [3.05, 3.63) is 23.0 Å². The first kappa shape index (κ1) is 18.5. The lowest BCUT2D eigenvalue weighted by Gasteiger charge is -2.28. The van der Waals surface area contributed by atoms with Gasteiger partial charge < -0.3 is 10.4 Å². The maximum Gasteiger partial charge on any atom is 0.326 e. The molecule has 7 nitrogen and oxygen atoms in total. The van der Waals surface area contributed by atoms with E-state index in [9.17, 15) is 18.3 Å². The Morgan fingerprint density at radius 3 is 2.78 bits per heavy atom. The zero-order chi connectivity index (χ0) is 19.5. The van der Waals surface area contributed by atoms with Crippen molar-refractivity contribution in [2.75, 3.05) is 17.4 Å². The SMILES string of the molecule is CC(C)CCN[C@@H]1C[C@H]2C[C@@H]1c1c2cc(O)c(N2CC(=O)NS2(=O)=O)c1F. The standard InChI is InChI=1S/C18H24FN3O4S/c1-9(2)3-4-20-13-6-10-5-12(13)16-11(10)7-14(23)18(17(16)19)22-8-15(24)21-27(22,25)26/h7,9-10,12-13,20,23H,3-6,8H2,1-2H3,(H,21,24)/t10-,12+,13-/m1/s1. The van der Waals surface area contributed by atoms with Gasteiger partial charge in [0.25, 0.3) is 5.91 Å². The molecule has 27 heavy (non-hydrogen) atoms. The summed E-state index contributed by atoms with van der Waals surface area (Å²) in [7, 11) is -4.18. The molecule has 1 aromatic carbocycles. The third kappa shape index (κ3) is 2.97. The van der Waals surface area contributed by atoms with Crippen LogP contribution in [-0.4, -0.2) is 38.6 Å². The fraction of sp³-hybridized carbons (Fsp3) is 0.611. The molecule has 9 heteroatoms. The average molecular weight is 397 g/mol. The largest absolute Gasteiger partial charge is 0.506 e. The van der Waals surface area contributed by atoms with Gasteiger partial charge in [-0.3, -0.25) is 4.79 Å². The van der Waals surface area contributed by atoms with E-state index in [1.807, 2.05) is 4.72 Å². The van der Waals surface area contributed by atoms with E-state index >= 15 is 4.39 Å². The van der Waals surface area contributed by atoms with Gasteiger partial charge in [-0.2, -0.15) is 8.42 Å². The number of benzene rings is 1. The summed E-state index contributed by atoms with van der Waals surface area (Å²) in [5.41, 5.74) is 0.813. The summed E-state index contributed by atoms with van der Waals surface area (Å²) in [6, 6.07) is 1.62. The molecule has 0 unspecified atom stereocenters. The van der Waals surface area contributed by atoms with Gasteiger partial charge in [0.05, 0.1) is 0 Å². The maximum atomic E-state index is 15.4. The normalized spacial score (nSPS) is 28.1. The Morgan fingerprint density at radius 2 is 2.15 bits per heavy atom. The molecule has 2 fully saturated rings. The molecule has 0 radical (unpaired) electrons. The van der Waals surface area contributed by atoms with Gasteiger partial charge in [0, 0.05) is 12.0 Å². The van der Waals surface area contributed by atoms with Gasteiger partial charge in [-0.1, -0.05) is 13.8 Å². The van der Waals surface area contributed by atoms with Gasteiger partial charge in [-0.05, 0) is 54.8 Å². The summed E-state index contributed by atoms with van der Waals surface area (Å²) in [5, 5.41) is 13.8. The van der Waals surface area contributed by atoms with Crippen molar-refractivity contribution in [1.29, 1.82) is 0 Å². The molecule has 1 saturated heterocycles. The van der Waals surface area contributed by atoms with E-state index in [0.717, 1.165) is 31.4 Å². The van der Waals surface area contributed by atoms with Crippen LogP contribution in [0.4, 0.5) is 10.1 Å². The topological polar surface area (TPSA) is 98.7 Å². The zero-order valence-corrected chi connectivity index (χ0v) is 16.1. The molecule has 0 aromatic heterocycles. The number of hydrogen-bond acceptors (Lipinski definition) is 5. The molecule has 148 valence electrons. The predicted molar refractivity (Wildman–Crippen MR) is 98.4 cm³/mol. The summed E-state index contributed by atoms with van der Waals surface area (Å²) >= 11 is 0. The van der Waals surface area contributed by atoms with E-state index in [1.54, 1.807) is 0 Å². The quantitative estimate of drug-likeness (QED) is 0.702. The number of nitrogens with zero attached hydrogens (tertiary/aromatic N) is 1. The lowest BCUT2D eigenvalue weighted by Crippen LogP contribution is -2.35. The summed E-state index contributed by atoms with van der Waals surface area (Å²) in [6.45, 7) is 4.62. The Hall–Kier alpha value is -1.87. The number of nitrogens with one attached hydrogen (secondary N) is 2. The number of halogens is 1. The first-order valence-corrected chi connectivity index (χ1v) is 10.7. The van der Waals surface area contributed by atoms with E-state index in [1.165, 1.54) is 6.07 Å². The number of carbonyl (C=O) groups excluding carboxylic acids is 1. The number of aromatic hydroxyl groups is 1. The van der Waals surface area contributed by atoms with Crippen LogP contribution in [0.3, 0.4) is 0 Å². The van der Waals surface area contributed by atoms with Gasteiger partial charge in [0.15, 0.2) is 5.82 Å². The van der Waals surface area contributed by atoms with Crippen molar-refractivity contribution < 1.29 is 22.7 Å². The van der Waals surface area contributed by atoms with Crippen molar-refractivity contribution in [3.8, 4) is 5.75 Å². The number of fused-ring (bicyclic) bond motifs is 5. The lowest BCUT2D eigenvalue weighted by molar-refractivity contribution is -0.117. The molecule has 1 aliphatic heterocycles. The highest BCUT2D eigenvalue weighted by Crippen LogP contribution is 2.56. The zero-order valence-electron chi connectivity index (χ0n) is 15.3. The second-order valence-corrected chi connectivity index (χ2v) is 9.71. The molecule has 2 aliphatic carbocycles. The predicted octanol–water partition coefficient (Wildman–Crippen LogP) is 1.69. The average Bonchev–Trinajstić information content (AvgIpc) is 3.18. The highest BCUT2D eigenvalue weighted by atomic mass is 32.2. The first-order valence-electron chi connectivity index (χ1n) is 9.31. The minimum absolute atomic E-state index is 0.0505. The molecule has 1 heterocycles. The number of amides is 1. The van der Waals surface area contributed by atoms with Crippen LogP contribution in [0.25, 0.3) is 0 Å². The van der Waals surface area contributed by atoms with Crippen molar-refractivity contribution in [2.24, 2.45) is 5.92 Å². The third-order valence-electron chi connectivity index (χ3n) is 5.86. The Balaban J connectivity index is 1.68. The highest BCUT2D eigenvalue weighted by molar-refractivity contribution is 7.92. The van der Waals surface area contributed by atoms with E-state index in [2.05, 4.69) is 19.2 Å². The van der Waals surface area contributed by atoms with Crippen LogP contribution in [0.1, 0.15) is 56.1 Å². The minimum Gasteiger partial charge on any atom is -0.506 e. The second-order valence-electron chi connectivity index (χ2n) is 8.12. The fourth-order valence-electron chi connectivity index (χ4n) is 4.65. The number of phenols is 1. The molecule has 1 saturated carbocycles. The Kier molecular flexibility index (Phi) is 4.34. The van der Waals surface area contributed by atoms with Crippen LogP contribution in [-0.2, 0) is 15.0 Å². The van der Waals surface area contributed by atoms with Gasteiger partial charge in [-0.25, -0.2) is 13.4 Å². The molecule has 2 bridgehead atoms. The van der Waals surface area contributed by atoms with Gasteiger partial charge >= 0.3 is 10.2 Å². The van der Waals surface area contributed by atoms with E-state index in [0.29, 0.717) is 15.8 Å². The van der Waals surface area contributed by atoms with Crippen molar-refractivity contribution in [2.45, 2.75) is 51.0 Å². The summed E-state index contributed by atoms with van der Waals surface area (Å²) in [6.07, 6.45) is 2.71. The summed E-state index contributed by atoms with van der Waals surface area (Å²) < 4.78 is 42.1. The van der Waals surface area contributed by atoms with Gasteiger partial charge in [-0.15, -0.1) is 0 Å². The Morgan fingerprint density at radius 1 is 1.41 bits per heavy atom. The number of hydrogen-bond donors (Lipinski definition) is 3. The molecule has 4 rings (SSSR count). The van der Waals surface area contributed by atoms with Crippen LogP contribution in [0.5, 0.6) is 5.75 Å². The van der Waals surface area contributed by atoms with E-state index < -0.39 is 39.9 Å². The molecule has 1 aromatic rings. The Labute approximate surface area is 158 Å². The minimum atomic E-state index is -4.18. The Bertz CT molecular complexity index is 902. The molecule has 3 atom stereocenters. The van der Waals surface area contributed by atoms with Crippen LogP contribution in [0.2, 0.25) is 0 Å². The third-order valence-corrected chi connectivity index (χ3v) is 7.24. The molecule has 3 aliphatic rings. The lowest BCUT2D eigenvalue weighted by atomic mass is 9.87.